The van der Waals surface area contributed by atoms with Gasteiger partial charge in [-0.05, 0) is 42.4 Å². The predicted molar refractivity (Wildman–Crippen MR) is 108 cm³/mol. The lowest BCUT2D eigenvalue weighted by atomic mass is 9.77. The summed E-state index contributed by atoms with van der Waals surface area (Å²) in [5, 5.41) is 0.775. The van der Waals surface area contributed by atoms with Gasteiger partial charge in [0.25, 0.3) is 0 Å². The largest absolute Gasteiger partial charge is 0.480 e. The Hall–Kier alpha value is -2.47. The molecule has 0 radical (unpaired) electrons. The van der Waals surface area contributed by atoms with Crippen LogP contribution in [0.4, 0.5) is 0 Å². The molecule has 27 heavy (non-hydrogen) atoms. The van der Waals surface area contributed by atoms with Crippen LogP contribution in [0.3, 0.4) is 0 Å². The SMILES string of the molecule is COc1ncnc(OC)c1-c1ccc2c(=O)c3c(sc2c1)CC(C)(C)CC3. The lowest BCUT2D eigenvalue weighted by molar-refractivity contribution is 0.318. The lowest BCUT2D eigenvalue weighted by Crippen LogP contribution is -2.26. The minimum atomic E-state index is 0.170. The first-order valence-electron chi connectivity index (χ1n) is 8.95. The molecule has 0 amide bonds. The number of ether oxygens (including phenoxy) is 2. The second-order valence-electron chi connectivity index (χ2n) is 7.65. The van der Waals surface area contributed by atoms with Crippen molar-refractivity contribution in [3.05, 3.63) is 45.2 Å². The third-order valence-electron chi connectivity index (χ3n) is 5.21. The summed E-state index contributed by atoms with van der Waals surface area (Å²) in [4.78, 5) is 22.6. The van der Waals surface area contributed by atoms with Crippen molar-refractivity contribution in [1.29, 1.82) is 0 Å². The van der Waals surface area contributed by atoms with Crippen molar-refractivity contribution < 1.29 is 9.47 Å². The van der Waals surface area contributed by atoms with Crippen molar-refractivity contribution in [3.63, 3.8) is 0 Å². The molecule has 5 nitrogen and oxygen atoms in total. The summed E-state index contributed by atoms with van der Waals surface area (Å²) in [6.07, 6.45) is 4.29. The molecule has 2 heterocycles. The predicted octanol–water partition coefficient (Wildman–Crippen LogP) is 4.25. The molecule has 0 N–H and O–H groups in total. The summed E-state index contributed by atoms with van der Waals surface area (Å²) in [5.74, 6) is 0.903. The van der Waals surface area contributed by atoms with Gasteiger partial charge < -0.3 is 9.47 Å². The van der Waals surface area contributed by atoms with E-state index in [-0.39, 0.29) is 10.8 Å². The Morgan fingerprint density at radius 2 is 1.81 bits per heavy atom. The highest BCUT2D eigenvalue weighted by Gasteiger charge is 2.28. The van der Waals surface area contributed by atoms with Gasteiger partial charge in [-0.1, -0.05) is 19.9 Å². The zero-order valence-electron chi connectivity index (χ0n) is 16.0. The van der Waals surface area contributed by atoms with E-state index in [1.165, 1.54) is 11.2 Å². The van der Waals surface area contributed by atoms with Crippen molar-refractivity contribution in [2.75, 3.05) is 14.2 Å². The first kappa shape index (κ1) is 17.9. The van der Waals surface area contributed by atoms with Crippen molar-refractivity contribution in [3.8, 4) is 22.9 Å². The van der Waals surface area contributed by atoms with E-state index >= 15 is 0 Å². The Morgan fingerprint density at radius 3 is 2.48 bits per heavy atom. The van der Waals surface area contributed by atoms with Gasteiger partial charge in [0.15, 0.2) is 5.43 Å². The van der Waals surface area contributed by atoms with E-state index in [9.17, 15) is 4.79 Å². The molecule has 0 saturated heterocycles. The third kappa shape index (κ3) is 3.08. The van der Waals surface area contributed by atoms with Gasteiger partial charge >= 0.3 is 0 Å². The first-order chi connectivity index (χ1) is 12.9. The van der Waals surface area contributed by atoms with Gasteiger partial charge in [-0.2, -0.15) is 0 Å². The average Bonchev–Trinajstić information content (AvgIpc) is 2.66. The summed E-state index contributed by atoms with van der Waals surface area (Å²) in [6, 6.07) is 5.84. The normalized spacial score (nSPS) is 15.4. The van der Waals surface area contributed by atoms with E-state index < -0.39 is 0 Å². The molecule has 1 aromatic carbocycles. The van der Waals surface area contributed by atoms with E-state index in [1.54, 1.807) is 25.6 Å². The second kappa shape index (κ2) is 6.60. The van der Waals surface area contributed by atoms with Gasteiger partial charge in [-0.25, -0.2) is 9.97 Å². The van der Waals surface area contributed by atoms with Crippen LogP contribution in [0.5, 0.6) is 11.8 Å². The quantitative estimate of drug-likeness (QED) is 0.678. The standard InChI is InChI=1S/C21H22N2O3S/c1-21(2)8-7-14-16(10-21)27-15-9-12(5-6-13(15)18(14)24)17-19(25-3)22-11-23-20(17)26-4/h5-6,9,11H,7-8,10H2,1-4H3. The number of benzene rings is 1. The molecule has 140 valence electrons. The molecular weight excluding hydrogens is 360 g/mol. The van der Waals surface area contributed by atoms with E-state index in [4.69, 9.17) is 9.47 Å². The lowest BCUT2D eigenvalue weighted by Gasteiger charge is -2.30. The average molecular weight is 382 g/mol. The molecule has 6 heteroatoms. The molecule has 4 rings (SSSR count). The second-order valence-corrected chi connectivity index (χ2v) is 8.79. The van der Waals surface area contributed by atoms with Crippen molar-refractivity contribution in [2.24, 2.45) is 5.41 Å². The van der Waals surface area contributed by atoms with Crippen LogP contribution in [0.1, 0.15) is 30.7 Å². The van der Waals surface area contributed by atoms with Crippen LogP contribution < -0.4 is 14.9 Å². The summed E-state index contributed by atoms with van der Waals surface area (Å²) >= 11 is 1.72. The Morgan fingerprint density at radius 1 is 1.11 bits per heavy atom. The number of nitrogens with zero attached hydrogens (tertiary/aromatic N) is 2. The summed E-state index contributed by atoms with van der Waals surface area (Å²) in [6.45, 7) is 4.54. The summed E-state index contributed by atoms with van der Waals surface area (Å²) < 4.78 is 11.8. The van der Waals surface area contributed by atoms with Crippen LogP contribution in [0, 0.1) is 5.41 Å². The molecule has 1 aliphatic rings. The van der Waals surface area contributed by atoms with Crippen molar-refractivity contribution in [1.82, 2.24) is 9.97 Å². The zero-order valence-corrected chi connectivity index (χ0v) is 16.8. The van der Waals surface area contributed by atoms with Gasteiger partial charge in [0.05, 0.1) is 14.2 Å². The molecule has 1 aliphatic carbocycles. The minimum absolute atomic E-state index is 0.170. The maximum atomic E-state index is 13.0. The Bertz CT molecular complexity index is 1070. The topological polar surface area (TPSA) is 61.3 Å². The molecule has 0 saturated carbocycles. The zero-order chi connectivity index (χ0) is 19.2. The Labute approximate surface area is 162 Å². The smallest absolute Gasteiger partial charge is 0.228 e. The van der Waals surface area contributed by atoms with Gasteiger partial charge in [0.2, 0.25) is 11.8 Å². The third-order valence-corrected chi connectivity index (χ3v) is 6.41. The number of rotatable bonds is 3. The molecule has 0 bridgehead atoms. The highest BCUT2D eigenvalue weighted by Crippen LogP contribution is 2.40. The Kier molecular flexibility index (Phi) is 4.38. The maximum absolute atomic E-state index is 13.0. The fourth-order valence-corrected chi connectivity index (χ4v) is 5.23. The van der Waals surface area contributed by atoms with E-state index in [0.717, 1.165) is 40.5 Å². The van der Waals surface area contributed by atoms with E-state index in [0.29, 0.717) is 17.3 Å². The van der Waals surface area contributed by atoms with Crippen LogP contribution in [-0.2, 0) is 12.8 Å². The van der Waals surface area contributed by atoms with Crippen LogP contribution in [0.2, 0.25) is 0 Å². The molecule has 0 aliphatic heterocycles. The van der Waals surface area contributed by atoms with Crippen LogP contribution >= 0.6 is 11.3 Å². The van der Waals surface area contributed by atoms with Gasteiger partial charge in [0, 0.05) is 20.5 Å². The van der Waals surface area contributed by atoms with Crippen molar-refractivity contribution in [2.45, 2.75) is 33.1 Å². The van der Waals surface area contributed by atoms with Gasteiger partial charge in [-0.3, -0.25) is 4.79 Å². The minimum Gasteiger partial charge on any atom is -0.480 e. The monoisotopic (exact) mass is 382 g/mol. The molecule has 0 spiro atoms. The highest BCUT2D eigenvalue weighted by atomic mass is 32.1. The van der Waals surface area contributed by atoms with Gasteiger partial charge in [-0.15, -0.1) is 11.3 Å². The molecule has 2 aromatic heterocycles. The van der Waals surface area contributed by atoms with Gasteiger partial charge in [0.1, 0.15) is 11.9 Å². The first-order valence-corrected chi connectivity index (χ1v) is 9.77. The van der Waals surface area contributed by atoms with Crippen LogP contribution in [0.25, 0.3) is 21.2 Å². The molecule has 3 aromatic rings. The number of hydrogen-bond donors (Lipinski definition) is 0. The number of hydrogen-bond acceptors (Lipinski definition) is 6. The number of aromatic nitrogens is 2. The van der Waals surface area contributed by atoms with Crippen LogP contribution in [-0.4, -0.2) is 24.2 Å². The number of methoxy groups -OCH3 is 2. The molecule has 0 unspecified atom stereocenters. The molecular formula is C21H22N2O3S. The fraction of sp³-hybridized carbons (Fsp3) is 0.381. The highest BCUT2D eigenvalue weighted by molar-refractivity contribution is 7.18. The summed E-state index contributed by atoms with van der Waals surface area (Å²) in [7, 11) is 3.15. The van der Waals surface area contributed by atoms with E-state index in [1.807, 2.05) is 18.2 Å². The molecule has 0 atom stereocenters. The fourth-order valence-electron chi connectivity index (χ4n) is 3.73. The number of fused-ring (bicyclic) bond motifs is 2. The Balaban J connectivity index is 1.93. The van der Waals surface area contributed by atoms with Crippen LogP contribution in [0.15, 0.2) is 29.3 Å². The maximum Gasteiger partial charge on any atom is 0.228 e. The molecule has 0 fully saturated rings. The van der Waals surface area contributed by atoms with Crippen molar-refractivity contribution >= 4 is 21.4 Å². The van der Waals surface area contributed by atoms with E-state index in [2.05, 4.69) is 23.8 Å². The summed E-state index contributed by atoms with van der Waals surface area (Å²) in [5.41, 5.74) is 2.98.